The number of aromatic amines is 1. The number of nitrogen functional groups attached to an aromatic ring is 1. The number of fused-ring (bicyclic) bond motifs is 1. The summed E-state index contributed by atoms with van der Waals surface area (Å²) in [5.74, 6) is 1.12. The van der Waals surface area contributed by atoms with Crippen LogP contribution in [-0.2, 0) is 5.75 Å². The van der Waals surface area contributed by atoms with Gasteiger partial charge in [0.25, 0.3) is 0 Å². The summed E-state index contributed by atoms with van der Waals surface area (Å²) in [7, 11) is 0. The van der Waals surface area contributed by atoms with Crippen molar-refractivity contribution in [3.63, 3.8) is 0 Å². The van der Waals surface area contributed by atoms with Gasteiger partial charge in [0.2, 0.25) is 5.95 Å². The first kappa shape index (κ1) is 11.0. The van der Waals surface area contributed by atoms with Gasteiger partial charge >= 0.3 is 0 Å². The van der Waals surface area contributed by atoms with Gasteiger partial charge in [-0.15, -0.1) is 0 Å². The second-order valence-corrected chi connectivity index (χ2v) is 4.76. The van der Waals surface area contributed by atoms with E-state index in [9.17, 15) is 0 Å². The van der Waals surface area contributed by atoms with E-state index in [1.807, 2.05) is 18.2 Å². The zero-order valence-electron chi connectivity index (χ0n) is 9.50. The number of H-pyrrole nitrogens is 1. The molecule has 0 saturated heterocycles. The van der Waals surface area contributed by atoms with Crippen LogP contribution in [0, 0.1) is 0 Å². The van der Waals surface area contributed by atoms with Gasteiger partial charge in [0, 0.05) is 5.75 Å². The Labute approximate surface area is 108 Å². The van der Waals surface area contributed by atoms with Crippen LogP contribution in [0.1, 0.15) is 5.56 Å². The summed E-state index contributed by atoms with van der Waals surface area (Å²) < 4.78 is 0. The van der Waals surface area contributed by atoms with Crippen molar-refractivity contribution in [3.8, 4) is 0 Å². The number of benzene rings is 1. The molecule has 0 aliphatic carbocycles. The van der Waals surface area contributed by atoms with Gasteiger partial charge in [-0.3, -0.25) is 5.10 Å². The Hall–Kier alpha value is -2.08. The van der Waals surface area contributed by atoms with Crippen LogP contribution in [0.3, 0.4) is 0 Å². The summed E-state index contributed by atoms with van der Waals surface area (Å²) in [4.78, 5) is 8.36. The van der Waals surface area contributed by atoms with Crippen LogP contribution in [0.25, 0.3) is 11.0 Å². The van der Waals surface area contributed by atoms with E-state index in [0.29, 0.717) is 0 Å². The zero-order chi connectivity index (χ0) is 12.4. The number of thioether (sulfide) groups is 1. The molecule has 90 valence electrons. The lowest BCUT2D eigenvalue weighted by atomic mass is 10.2. The monoisotopic (exact) mass is 257 g/mol. The molecule has 3 aromatic rings. The van der Waals surface area contributed by atoms with E-state index in [1.165, 1.54) is 5.56 Å². The van der Waals surface area contributed by atoms with Crippen molar-refractivity contribution in [2.45, 2.75) is 10.8 Å². The van der Waals surface area contributed by atoms with Crippen molar-refractivity contribution in [1.82, 2.24) is 20.2 Å². The standard InChI is InChI=1S/C12H11N5S/c13-12-15-9-6-14-17-10(9)11(16-12)18-7-8-4-2-1-3-5-8/h1-6H,7H2,(H,14,17)(H2,13,15,16). The highest BCUT2D eigenvalue weighted by Gasteiger charge is 2.08. The molecule has 0 spiro atoms. The second kappa shape index (κ2) is 4.66. The van der Waals surface area contributed by atoms with E-state index >= 15 is 0 Å². The Morgan fingerprint density at radius 1 is 1.17 bits per heavy atom. The Kier molecular flexibility index (Phi) is 2.85. The number of nitrogens with zero attached hydrogens (tertiary/aromatic N) is 3. The maximum absolute atomic E-state index is 5.68. The smallest absolute Gasteiger partial charge is 0.221 e. The minimum atomic E-state index is 0.277. The Morgan fingerprint density at radius 2 is 2.00 bits per heavy atom. The molecule has 0 bridgehead atoms. The van der Waals surface area contributed by atoms with Crippen molar-refractivity contribution in [3.05, 3.63) is 42.1 Å². The number of rotatable bonds is 3. The largest absolute Gasteiger partial charge is 0.368 e. The van der Waals surface area contributed by atoms with E-state index in [4.69, 9.17) is 5.73 Å². The number of aromatic nitrogens is 4. The number of nitrogens with one attached hydrogen (secondary N) is 1. The van der Waals surface area contributed by atoms with Crippen molar-refractivity contribution in [2.24, 2.45) is 0 Å². The molecule has 0 fully saturated rings. The maximum Gasteiger partial charge on any atom is 0.221 e. The second-order valence-electron chi connectivity index (χ2n) is 3.79. The molecule has 0 atom stereocenters. The highest BCUT2D eigenvalue weighted by Crippen LogP contribution is 2.26. The first-order chi connectivity index (χ1) is 8.83. The minimum absolute atomic E-state index is 0.277. The van der Waals surface area contributed by atoms with Crippen LogP contribution in [0.5, 0.6) is 0 Å². The van der Waals surface area contributed by atoms with Gasteiger partial charge in [-0.05, 0) is 5.56 Å². The van der Waals surface area contributed by atoms with Gasteiger partial charge in [-0.1, -0.05) is 42.1 Å². The molecule has 2 aromatic heterocycles. The third kappa shape index (κ3) is 2.14. The molecule has 0 amide bonds. The van der Waals surface area contributed by atoms with Gasteiger partial charge in [0.05, 0.1) is 6.20 Å². The van der Waals surface area contributed by atoms with Crippen LogP contribution in [-0.4, -0.2) is 20.2 Å². The molecule has 0 radical (unpaired) electrons. The zero-order valence-corrected chi connectivity index (χ0v) is 10.3. The fraction of sp³-hybridized carbons (Fsp3) is 0.0833. The molecule has 1 aromatic carbocycles. The molecule has 0 aliphatic heterocycles. The Morgan fingerprint density at radius 3 is 2.83 bits per heavy atom. The summed E-state index contributed by atoms with van der Waals surface area (Å²) in [6, 6.07) is 10.2. The molecule has 6 heteroatoms. The molecule has 0 aliphatic rings. The molecule has 2 heterocycles. The molecule has 5 nitrogen and oxygen atoms in total. The lowest BCUT2D eigenvalue weighted by Crippen LogP contribution is -1.96. The predicted molar refractivity (Wildman–Crippen MR) is 72.1 cm³/mol. The van der Waals surface area contributed by atoms with Gasteiger partial charge in [0.1, 0.15) is 16.1 Å². The van der Waals surface area contributed by atoms with Gasteiger partial charge in [-0.2, -0.15) is 5.10 Å². The van der Waals surface area contributed by atoms with Gasteiger partial charge in [-0.25, -0.2) is 9.97 Å². The molecule has 0 unspecified atom stereocenters. The van der Waals surface area contributed by atoms with E-state index in [1.54, 1.807) is 18.0 Å². The van der Waals surface area contributed by atoms with E-state index in [0.717, 1.165) is 21.8 Å². The Bertz CT molecular complexity index is 665. The molecular formula is C12H11N5S. The molecule has 0 saturated carbocycles. The third-order valence-electron chi connectivity index (χ3n) is 2.50. The summed E-state index contributed by atoms with van der Waals surface area (Å²) in [6.45, 7) is 0. The topological polar surface area (TPSA) is 80.5 Å². The van der Waals surface area contributed by atoms with Crippen LogP contribution in [0.4, 0.5) is 5.95 Å². The average Bonchev–Trinajstić information content (AvgIpc) is 2.85. The SMILES string of the molecule is Nc1nc(SCc2ccccc2)c2[nH]ncc2n1. The summed E-state index contributed by atoms with van der Waals surface area (Å²) >= 11 is 1.62. The molecule has 18 heavy (non-hydrogen) atoms. The number of nitrogens with two attached hydrogens (primary N) is 1. The molecular weight excluding hydrogens is 246 g/mol. The summed E-state index contributed by atoms with van der Waals surface area (Å²) in [6.07, 6.45) is 1.65. The van der Waals surface area contributed by atoms with Crippen molar-refractivity contribution < 1.29 is 0 Å². The number of anilines is 1. The van der Waals surface area contributed by atoms with Crippen LogP contribution in [0.15, 0.2) is 41.6 Å². The normalized spacial score (nSPS) is 10.9. The lowest BCUT2D eigenvalue weighted by Gasteiger charge is -2.03. The lowest BCUT2D eigenvalue weighted by molar-refractivity contribution is 1.07. The Balaban J connectivity index is 1.88. The minimum Gasteiger partial charge on any atom is -0.368 e. The van der Waals surface area contributed by atoms with Crippen LogP contribution < -0.4 is 5.73 Å². The third-order valence-corrected chi connectivity index (χ3v) is 3.55. The molecule has 3 N–H and O–H groups in total. The average molecular weight is 257 g/mol. The van der Waals surface area contributed by atoms with Crippen molar-refractivity contribution in [1.29, 1.82) is 0 Å². The van der Waals surface area contributed by atoms with E-state index < -0.39 is 0 Å². The first-order valence-corrected chi connectivity index (χ1v) is 6.45. The fourth-order valence-electron chi connectivity index (χ4n) is 1.66. The highest BCUT2D eigenvalue weighted by molar-refractivity contribution is 7.98. The van der Waals surface area contributed by atoms with E-state index in [-0.39, 0.29) is 5.95 Å². The van der Waals surface area contributed by atoms with Crippen LogP contribution >= 0.6 is 11.8 Å². The first-order valence-electron chi connectivity index (χ1n) is 5.46. The van der Waals surface area contributed by atoms with Crippen molar-refractivity contribution in [2.75, 3.05) is 5.73 Å². The van der Waals surface area contributed by atoms with Gasteiger partial charge in [0.15, 0.2) is 0 Å². The van der Waals surface area contributed by atoms with Crippen molar-refractivity contribution >= 4 is 28.7 Å². The van der Waals surface area contributed by atoms with E-state index in [2.05, 4.69) is 32.3 Å². The summed E-state index contributed by atoms with van der Waals surface area (Å²) in [5.41, 5.74) is 8.50. The quantitative estimate of drug-likeness (QED) is 0.555. The fourth-order valence-corrected chi connectivity index (χ4v) is 2.61. The molecule has 3 rings (SSSR count). The summed E-state index contributed by atoms with van der Waals surface area (Å²) in [5, 5.41) is 7.69. The van der Waals surface area contributed by atoms with Gasteiger partial charge < -0.3 is 5.73 Å². The predicted octanol–water partition coefficient (Wildman–Crippen LogP) is 2.23. The highest BCUT2D eigenvalue weighted by atomic mass is 32.2. The van der Waals surface area contributed by atoms with Crippen LogP contribution in [0.2, 0.25) is 0 Å². The number of hydrogen-bond acceptors (Lipinski definition) is 5. The maximum atomic E-state index is 5.68. The number of hydrogen-bond donors (Lipinski definition) is 2.